The van der Waals surface area contributed by atoms with Crippen molar-refractivity contribution in [3.05, 3.63) is 0 Å². The Hall–Kier alpha value is -0.610. The number of rotatable bonds is 7. The van der Waals surface area contributed by atoms with E-state index in [2.05, 4.69) is 10.1 Å². The molecular formula is C7H15NO3. The van der Waals surface area contributed by atoms with Crippen molar-refractivity contribution in [3.8, 4) is 0 Å². The molecule has 0 aromatic rings. The number of hydrogen-bond acceptors (Lipinski definition) is 4. The smallest absolute Gasteiger partial charge is 0.293 e. The van der Waals surface area contributed by atoms with E-state index in [1.807, 2.05) is 6.92 Å². The molecule has 0 saturated carbocycles. The largest absolute Gasteiger partial charge is 0.464 e. The summed E-state index contributed by atoms with van der Waals surface area (Å²) < 4.78 is 9.45. The Morgan fingerprint density at radius 1 is 1.64 bits per heavy atom. The van der Waals surface area contributed by atoms with Gasteiger partial charge in [0.05, 0.1) is 6.61 Å². The normalized spacial score (nSPS) is 12.5. The Morgan fingerprint density at radius 3 is 2.91 bits per heavy atom. The van der Waals surface area contributed by atoms with Crippen molar-refractivity contribution in [1.82, 2.24) is 5.32 Å². The van der Waals surface area contributed by atoms with Gasteiger partial charge in [-0.15, -0.1) is 0 Å². The van der Waals surface area contributed by atoms with E-state index in [1.165, 1.54) is 0 Å². The van der Waals surface area contributed by atoms with Gasteiger partial charge >= 0.3 is 0 Å². The molecule has 1 unspecified atom stereocenters. The van der Waals surface area contributed by atoms with Gasteiger partial charge in [0.1, 0.15) is 6.10 Å². The van der Waals surface area contributed by atoms with Crippen molar-refractivity contribution in [2.75, 3.05) is 26.8 Å². The first-order valence-corrected chi connectivity index (χ1v) is 3.60. The molecule has 0 aromatic heterocycles. The molecule has 0 saturated heterocycles. The minimum atomic E-state index is -0.0654. The van der Waals surface area contributed by atoms with Crippen LogP contribution in [0.2, 0.25) is 0 Å². The number of ether oxygens (including phenoxy) is 2. The standard InChI is InChI=1S/C7H15NO3/c1-7(11-6-9)5-8-3-4-10-2/h6-8H,3-5H2,1-2H3. The quantitative estimate of drug-likeness (QED) is 0.414. The van der Waals surface area contributed by atoms with E-state index in [4.69, 9.17) is 4.74 Å². The maximum absolute atomic E-state index is 9.83. The summed E-state index contributed by atoms with van der Waals surface area (Å²) in [4.78, 5) is 9.83. The second-order valence-electron chi connectivity index (χ2n) is 2.24. The van der Waals surface area contributed by atoms with Crippen molar-refractivity contribution >= 4 is 6.47 Å². The second kappa shape index (κ2) is 7.50. The third-order valence-electron chi connectivity index (χ3n) is 1.20. The zero-order chi connectivity index (χ0) is 8.53. The van der Waals surface area contributed by atoms with Crippen molar-refractivity contribution in [1.29, 1.82) is 0 Å². The molecule has 0 aliphatic heterocycles. The maximum Gasteiger partial charge on any atom is 0.293 e. The van der Waals surface area contributed by atoms with Crippen LogP contribution < -0.4 is 5.32 Å². The van der Waals surface area contributed by atoms with Gasteiger partial charge in [0.15, 0.2) is 0 Å². The van der Waals surface area contributed by atoms with Crippen LogP contribution in [0, 0.1) is 0 Å². The first-order valence-electron chi connectivity index (χ1n) is 3.60. The van der Waals surface area contributed by atoms with Gasteiger partial charge in [0.2, 0.25) is 0 Å². The molecule has 0 rings (SSSR count). The second-order valence-corrected chi connectivity index (χ2v) is 2.24. The Balaban J connectivity index is 3.03. The summed E-state index contributed by atoms with van der Waals surface area (Å²) in [5.74, 6) is 0. The molecule has 0 amide bonds. The molecular weight excluding hydrogens is 146 g/mol. The fourth-order valence-corrected chi connectivity index (χ4v) is 0.623. The monoisotopic (exact) mass is 161 g/mol. The zero-order valence-corrected chi connectivity index (χ0v) is 7.00. The molecule has 0 aromatic carbocycles. The van der Waals surface area contributed by atoms with Crippen molar-refractivity contribution in [3.63, 3.8) is 0 Å². The molecule has 66 valence electrons. The Morgan fingerprint density at radius 2 is 2.36 bits per heavy atom. The lowest BCUT2D eigenvalue weighted by Gasteiger charge is -2.09. The molecule has 0 aliphatic carbocycles. The predicted molar refractivity (Wildman–Crippen MR) is 41.4 cm³/mol. The summed E-state index contributed by atoms with van der Waals surface area (Å²) in [7, 11) is 1.65. The van der Waals surface area contributed by atoms with Crippen molar-refractivity contribution in [2.24, 2.45) is 0 Å². The Labute approximate surface area is 66.9 Å². The van der Waals surface area contributed by atoms with Crippen LogP contribution in [0.4, 0.5) is 0 Å². The van der Waals surface area contributed by atoms with Gasteiger partial charge < -0.3 is 14.8 Å². The van der Waals surface area contributed by atoms with Crippen LogP contribution in [0.1, 0.15) is 6.92 Å². The zero-order valence-electron chi connectivity index (χ0n) is 7.00. The summed E-state index contributed by atoms with van der Waals surface area (Å²) in [6.45, 7) is 4.41. The molecule has 0 radical (unpaired) electrons. The van der Waals surface area contributed by atoms with Crippen LogP contribution >= 0.6 is 0 Å². The summed E-state index contributed by atoms with van der Waals surface area (Å²) >= 11 is 0. The molecule has 0 bridgehead atoms. The van der Waals surface area contributed by atoms with E-state index in [9.17, 15) is 4.79 Å². The van der Waals surface area contributed by atoms with Gasteiger partial charge in [-0.05, 0) is 6.92 Å². The highest BCUT2D eigenvalue weighted by Gasteiger charge is 1.98. The van der Waals surface area contributed by atoms with Gasteiger partial charge in [-0.2, -0.15) is 0 Å². The third-order valence-corrected chi connectivity index (χ3v) is 1.20. The highest BCUT2D eigenvalue weighted by Crippen LogP contribution is 1.83. The highest BCUT2D eigenvalue weighted by molar-refractivity contribution is 5.37. The number of nitrogens with one attached hydrogen (secondary N) is 1. The number of carbonyl (C=O) groups is 1. The van der Waals surface area contributed by atoms with E-state index in [1.54, 1.807) is 7.11 Å². The van der Waals surface area contributed by atoms with Gasteiger partial charge in [-0.1, -0.05) is 0 Å². The van der Waals surface area contributed by atoms with Crippen molar-refractivity contribution in [2.45, 2.75) is 13.0 Å². The fraction of sp³-hybridized carbons (Fsp3) is 0.857. The van der Waals surface area contributed by atoms with E-state index in [-0.39, 0.29) is 6.10 Å². The molecule has 0 heterocycles. The molecule has 0 aliphatic rings. The first-order chi connectivity index (χ1) is 5.31. The van der Waals surface area contributed by atoms with E-state index in [0.29, 0.717) is 19.6 Å². The lowest BCUT2D eigenvalue weighted by Crippen LogP contribution is -2.29. The average molecular weight is 161 g/mol. The minimum absolute atomic E-state index is 0.0654. The molecule has 1 N–H and O–H groups in total. The molecule has 1 atom stereocenters. The average Bonchev–Trinajstić information content (AvgIpc) is 1.99. The van der Waals surface area contributed by atoms with Crippen LogP contribution in [-0.4, -0.2) is 39.4 Å². The number of carbonyl (C=O) groups excluding carboxylic acids is 1. The van der Waals surface area contributed by atoms with Gasteiger partial charge in [-0.3, -0.25) is 4.79 Å². The Kier molecular flexibility index (Phi) is 7.08. The van der Waals surface area contributed by atoms with Gasteiger partial charge in [-0.25, -0.2) is 0 Å². The molecule has 4 heteroatoms. The van der Waals surface area contributed by atoms with Crippen LogP contribution in [0.5, 0.6) is 0 Å². The van der Waals surface area contributed by atoms with Crippen LogP contribution in [0.25, 0.3) is 0 Å². The number of methoxy groups -OCH3 is 1. The SMILES string of the molecule is COCCNCC(C)OC=O. The third kappa shape index (κ3) is 7.29. The summed E-state index contributed by atoms with van der Waals surface area (Å²) in [6, 6.07) is 0. The van der Waals surface area contributed by atoms with Crippen LogP contribution in [-0.2, 0) is 14.3 Å². The van der Waals surface area contributed by atoms with E-state index in [0.717, 1.165) is 6.54 Å². The van der Waals surface area contributed by atoms with Crippen LogP contribution in [0.3, 0.4) is 0 Å². The van der Waals surface area contributed by atoms with Crippen molar-refractivity contribution < 1.29 is 14.3 Å². The lowest BCUT2D eigenvalue weighted by molar-refractivity contribution is -0.132. The Bertz CT molecular complexity index is 97.7. The predicted octanol–water partition coefficient (Wildman–Crippen LogP) is -0.216. The lowest BCUT2D eigenvalue weighted by atomic mass is 10.4. The van der Waals surface area contributed by atoms with Gasteiger partial charge in [0.25, 0.3) is 6.47 Å². The molecule has 0 spiro atoms. The van der Waals surface area contributed by atoms with E-state index < -0.39 is 0 Å². The molecule has 11 heavy (non-hydrogen) atoms. The minimum Gasteiger partial charge on any atom is -0.464 e. The van der Waals surface area contributed by atoms with E-state index >= 15 is 0 Å². The fourth-order valence-electron chi connectivity index (χ4n) is 0.623. The summed E-state index contributed by atoms with van der Waals surface area (Å²) in [5.41, 5.74) is 0. The number of hydrogen-bond donors (Lipinski definition) is 1. The van der Waals surface area contributed by atoms with Crippen LogP contribution in [0.15, 0.2) is 0 Å². The highest BCUT2D eigenvalue weighted by atomic mass is 16.5. The maximum atomic E-state index is 9.83. The summed E-state index contributed by atoms with van der Waals surface area (Å²) in [5, 5.41) is 3.06. The van der Waals surface area contributed by atoms with Gasteiger partial charge in [0, 0.05) is 20.2 Å². The topological polar surface area (TPSA) is 47.6 Å². The first kappa shape index (κ1) is 10.4. The summed E-state index contributed by atoms with van der Waals surface area (Å²) in [6.07, 6.45) is -0.0654. The molecule has 0 fully saturated rings. The molecule has 4 nitrogen and oxygen atoms in total.